The number of carbonyl (C=O) groups excluding carboxylic acids is 3. The molecule has 1 N–H and O–H groups in total. The highest BCUT2D eigenvalue weighted by atomic mass is 35.5. The van der Waals surface area contributed by atoms with E-state index >= 15 is 0 Å². The number of nitrogens with zero attached hydrogens (tertiary/aromatic N) is 3. The maximum absolute atomic E-state index is 13.6. The number of rotatable bonds is 4. The Morgan fingerprint density at radius 3 is 2.59 bits per heavy atom. The van der Waals surface area contributed by atoms with Gasteiger partial charge in [-0.05, 0) is 44.4 Å². The van der Waals surface area contributed by atoms with Gasteiger partial charge in [-0.3, -0.25) is 19.2 Å². The maximum Gasteiger partial charge on any atom is 0.358 e. The number of carbonyl (C=O) groups is 3. The van der Waals surface area contributed by atoms with Gasteiger partial charge >= 0.3 is 5.97 Å². The van der Waals surface area contributed by atoms with Gasteiger partial charge in [-0.25, -0.2) is 4.79 Å². The largest absolute Gasteiger partial charge is 0.464 e. The number of ether oxygens (including phenoxy) is 1. The lowest BCUT2D eigenvalue weighted by molar-refractivity contribution is -0.127. The number of anilines is 1. The van der Waals surface area contributed by atoms with Crippen LogP contribution in [-0.4, -0.2) is 46.3 Å². The molecule has 32 heavy (non-hydrogen) atoms. The van der Waals surface area contributed by atoms with Crippen molar-refractivity contribution >= 4 is 35.1 Å². The lowest BCUT2D eigenvalue weighted by Crippen LogP contribution is -2.65. The summed E-state index contributed by atoms with van der Waals surface area (Å²) >= 11 is 6.36. The number of fused-ring (bicyclic) bond motifs is 1. The minimum Gasteiger partial charge on any atom is -0.464 e. The standard InChI is InChI=1S/C23H27ClN4O4/c1-14-9-10-16(11-17(14)24)28-20(29)19-12-18(21(30)32-3)26-27(19)13-23(28,2)22(31)25-15-7-5-4-6-8-15/h9-12,15H,4-8,13H2,1-3H3,(H,25,31)/t23-/m1/s1. The first-order chi connectivity index (χ1) is 15.2. The number of halogens is 1. The minimum absolute atomic E-state index is 0.0228. The summed E-state index contributed by atoms with van der Waals surface area (Å²) in [7, 11) is 1.25. The van der Waals surface area contributed by atoms with Gasteiger partial charge in [0.1, 0.15) is 11.2 Å². The number of nitrogens with one attached hydrogen (secondary N) is 1. The van der Waals surface area contributed by atoms with Crippen molar-refractivity contribution in [3.8, 4) is 0 Å². The molecule has 1 aromatic heterocycles. The second kappa shape index (κ2) is 8.58. The number of benzene rings is 1. The van der Waals surface area contributed by atoms with Crippen molar-refractivity contribution in [1.29, 1.82) is 0 Å². The van der Waals surface area contributed by atoms with E-state index in [2.05, 4.69) is 10.4 Å². The zero-order valence-electron chi connectivity index (χ0n) is 18.5. The Kier molecular flexibility index (Phi) is 5.99. The highest BCUT2D eigenvalue weighted by molar-refractivity contribution is 6.31. The van der Waals surface area contributed by atoms with Crippen molar-refractivity contribution in [3.63, 3.8) is 0 Å². The van der Waals surface area contributed by atoms with Crippen LogP contribution in [0.25, 0.3) is 0 Å². The highest BCUT2D eigenvalue weighted by Gasteiger charge is 2.49. The second-order valence-electron chi connectivity index (χ2n) is 8.72. The minimum atomic E-state index is -1.26. The van der Waals surface area contributed by atoms with E-state index in [0.29, 0.717) is 10.7 Å². The van der Waals surface area contributed by atoms with Gasteiger partial charge in [0.05, 0.1) is 13.7 Å². The molecule has 1 aliphatic heterocycles. The van der Waals surface area contributed by atoms with Crippen molar-refractivity contribution in [2.75, 3.05) is 12.0 Å². The molecule has 8 nitrogen and oxygen atoms in total. The highest BCUT2D eigenvalue weighted by Crippen LogP contribution is 2.35. The van der Waals surface area contributed by atoms with Crippen molar-refractivity contribution in [2.24, 2.45) is 0 Å². The lowest BCUT2D eigenvalue weighted by Gasteiger charge is -2.44. The maximum atomic E-state index is 13.6. The molecule has 1 saturated carbocycles. The van der Waals surface area contributed by atoms with Crippen LogP contribution in [0.5, 0.6) is 0 Å². The van der Waals surface area contributed by atoms with Crippen LogP contribution in [0.15, 0.2) is 24.3 Å². The number of esters is 1. The molecule has 2 aromatic rings. The molecule has 0 spiro atoms. The van der Waals surface area contributed by atoms with Crippen molar-refractivity contribution in [2.45, 2.75) is 64.1 Å². The predicted molar refractivity (Wildman–Crippen MR) is 120 cm³/mol. The number of aryl methyl sites for hydroxylation is 1. The Balaban J connectivity index is 1.77. The van der Waals surface area contributed by atoms with Crippen molar-refractivity contribution in [3.05, 3.63) is 46.2 Å². The SMILES string of the molecule is COC(=O)c1cc2n(n1)C[C@](C)(C(=O)NC1CCCCC1)N(c1ccc(C)c(Cl)c1)C2=O. The molecule has 2 heterocycles. The number of hydrogen-bond acceptors (Lipinski definition) is 5. The average Bonchev–Trinajstić information content (AvgIpc) is 3.20. The van der Waals surface area contributed by atoms with Gasteiger partial charge in [0.15, 0.2) is 5.69 Å². The van der Waals surface area contributed by atoms with Gasteiger partial charge in [-0.15, -0.1) is 0 Å². The smallest absolute Gasteiger partial charge is 0.358 e. The summed E-state index contributed by atoms with van der Waals surface area (Å²) in [6.07, 6.45) is 5.16. The molecule has 0 unspecified atom stereocenters. The fourth-order valence-electron chi connectivity index (χ4n) is 4.50. The molecule has 2 amide bonds. The molecule has 1 atom stereocenters. The van der Waals surface area contributed by atoms with Gasteiger partial charge in [0.25, 0.3) is 5.91 Å². The van der Waals surface area contributed by atoms with E-state index < -0.39 is 17.4 Å². The second-order valence-corrected chi connectivity index (χ2v) is 9.13. The Bertz CT molecular complexity index is 1080. The van der Waals surface area contributed by atoms with Crippen molar-refractivity contribution in [1.82, 2.24) is 15.1 Å². The average molecular weight is 459 g/mol. The third-order valence-electron chi connectivity index (χ3n) is 6.39. The molecule has 4 rings (SSSR count). The van der Waals surface area contributed by atoms with Gasteiger partial charge in [0, 0.05) is 22.8 Å². The van der Waals surface area contributed by atoms with Crippen LogP contribution >= 0.6 is 11.6 Å². The molecule has 2 aliphatic rings. The molecular weight excluding hydrogens is 432 g/mol. The third kappa shape index (κ3) is 3.88. The molecular formula is C23H27ClN4O4. The predicted octanol–water partition coefficient (Wildman–Crippen LogP) is 3.50. The topological polar surface area (TPSA) is 93.5 Å². The molecule has 170 valence electrons. The first kappa shape index (κ1) is 22.3. The lowest BCUT2D eigenvalue weighted by atomic mass is 9.91. The van der Waals surface area contributed by atoms with Crippen molar-refractivity contribution < 1.29 is 19.1 Å². The van der Waals surface area contributed by atoms with Crippen LogP contribution in [0, 0.1) is 6.92 Å². The summed E-state index contributed by atoms with van der Waals surface area (Å²) in [5.41, 5.74) is 0.351. The zero-order chi connectivity index (χ0) is 23.0. The summed E-state index contributed by atoms with van der Waals surface area (Å²) < 4.78 is 6.17. The van der Waals surface area contributed by atoms with E-state index in [1.807, 2.05) is 13.0 Å². The Hall–Kier alpha value is -2.87. The molecule has 9 heteroatoms. The summed E-state index contributed by atoms with van der Waals surface area (Å²) in [5.74, 6) is -1.33. The molecule has 0 bridgehead atoms. The molecule has 1 aromatic carbocycles. The summed E-state index contributed by atoms with van der Waals surface area (Å²) in [4.78, 5) is 40.7. The number of aromatic nitrogens is 2. The van der Waals surface area contributed by atoms with E-state index in [-0.39, 0.29) is 29.9 Å². The van der Waals surface area contributed by atoms with Crippen LogP contribution in [0.4, 0.5) is 5.69 Å². The van der Waals surface area contributed by atoms with Crippen LogP contribution < -0.4 is 10.2 Å². The van der Waals surface area contributed by atoms with E-state index in [1.165, 1.54) is 29.2 Å². The Morgan fingerprint density at radius 2 is 1.94 bits per heavy atom. The van der Waals surface area contributed by atoms with Gasteiger partial charge in [-0.1, -0.05) is 36.9 Å². The first-order valence-corrected chi connectivity index (χ1v) is 11.2. The van der Waals surface area contributed by atoms with Gasteiger partial charge in [0.2, 0.25) is 5.91 Å². The van der Waals surface area contributed by atoms with Crippen LogP contribution in [0.2, 0.25) is 5.02 Å². The third-order valence-corrected chi connectivity index (χ3v) is 6.80. The summed E-state index contributed by atoms with van der Waals surface area (Å²) in [6, 6.07) is 6.76. The number of hydrogen-bond donors (Lipinski definition) is 1. The Labute approximate surface area is 191 Å². The van der Waals surface area contributed by atoms with E-state index in [1.54, 1.807) is 19.1 Å². The molecule has 0 saturated heterocycles. The molecule has 0 radical (unpaired) electrons. The van der Waals surface area contributed by atoms with E-state index in [4.69, 9.17) is 16.3 Å². The first-order valence-electron chi connectivity index (χ1n) is 10.8. The van der Waals surface area contributed by atoms with Crippen LogP contribution in [-0.2, 0) is 16.1 Å². The number of amides is 2. The molecule has 1 fully saturated rings. The van der Waals surface area contributed by atoms with Gasteiger partial charge < -0.3 is 10.1 Å². The van der Waals surface area contributed by atoms with Gasteiger partial charge in [-0.2, -0.15) is 5.10 Å². The molecule has 1 aliphatic carbocycles. The zero-order valence-corrected chi connectivity index (χ0v) is 19.2. The normalized spacial score (nSPS) is 21.2. The fourth-order valence-corrected chi connectivity index (χ4v) is 4.67. The number of methoxy groups -OCH3 is 1. The van der Waals surface area contributed by atoms with Crippen LogP contribution in [0.1, 0.15) is 65.6 Å². The van der Waals surface area contributed by atoms with Crippen LogP contribution in [0.3, 0.4) is 0 Å². The van der Waals surface area contributed by atoms with E-state index in [0.717, 1.165) is 31.2 Å². The fraction of sp³-hybridized carbons (Fsp3) is 0.478. The quantitative estimate of drug-likeness (QED) is 0.708. The Morgan fingerprint density at radius 1 is 1.22 bits per heavy atom. The summed E-state index contributed by atoms with van der Waals surface area (Å²) in [6.45, 7) is 3.69. The summed E-state index contributed by atoms with van der Waals surface area (Å²) in [5, 5.41) is 7.89. The van der Waals surface area contributed by atoms with E-state index in [9.17, 15) is 14.4 Å². The monoisotopic (exact) mass is 458 g/mol.